The third kappa shape index (κ3) is 5.11. The van der Waals surface area contributed by atoms with Gasteiger partial charge in [-0.15, -0.1) is 0 Å². The Balaban J connectivity index is 2.40. The van der Waals surface area contributed by atoms with E-state index in [0.717, 1.165) is 41.4 Å². The maximum absolute atomic E-state index is 12.8. The van der Waals surface area contributed by atoms with Crippen LogP contribution in [-0.2, 0) is 20.5 Å². The monoisotopic (exact) mass is 399 g/mol. The molecule has 0 fully saturated rings. The molecule has 1 heterocycles. The Kier molecular flexibility index (Phi) is 5.86. The minimum atomic E-state index is -4.55. The summed E-state index contributed by atoms with van der Waals surface area (Å²) in [5.41, 5.74) is -1.54. The van der Waals surface area contributed by atoms with Crippen molar-refractivity contribution in [2.45, 2.75) is 45.0 Å². The zero-order valence-electron chi connectivity index (χ0n) is 15.5. The van der Waals surface area contributed by atoms with Crippen LogP contribution in [0.1, 0.15) is 44.4 Å². The van der Waals surface area contributed by atoms with Crippen molar-refractivity contribution >= 4 is 17.8 Å². The van der Waals surface area contributed by atoms with E-state index in [1.54, 1.807) is 20.8 Å². The van der Waals surface area contributed by atoms with Gasteiger partial charge in [-0.3, -0.25) is 14.5 Å². The van der Waals surface area contributed by atoms with Crippen molar-refractivity contribution in [1.82, 2.24) is 4.90 Å². The lowest BCUT2D eigenvalue weighted by atomic mass is 9.83. The number of ether oxygens (including phenoxy) is 1. The summed E-state index contributed by atoms with van der Waals surface area (Å²) < 4.78 is 43.6. The maximum Gasteiger partial charge on any atom is 0.416 e. The van der Waals surface area contributed by atoms with Gasteiger partial charge >= 0.3 is 18.2 Å². The largest absolute Gasteiger partial charge is 0.465 e. The number of allylic oxidation sites excluding steroid dienone is 1. The predicted molar refractivity (Wildman–Crippen MR) is 92.1 cm³/mol. The van der Waals surface area contributed by atoms with Gasteiger partial charge in [-0.1, -0.05) is 12.1 Å². The van der Waals surface area contributed by atoms with Crippen LogP contribution >= 0.6 is 0 Å². The molecule has 0 aliphatic carbocycles. The number of nitrogens with zero attached hydrogens (tertiary/aromatic N) is 1. The van der Waals surface area contributed by atoms with Crippen LogP contribution in [0.15, 0.2) is 36.5 Å². The average Bonchev–Trinajstić information content (AvgIpc) is 2.54. The molecule has 0 saturated carbocycles. The molecule has 1 amide bonds. The van der Waals surface area contributed by atoms with Crippen LogP contribution in [0.4, 0.5) is 18.0 Å². The third-order valence-electron chi connectivity index (χ3n) is 4.05. The fourth-order valence-electron chi connectivity index (χ4n) is 2.94. The van der Waals surface area contributed by atoms with Crippen molar-refractivity contribution in [3.8, 4) is 0 Å². The second-order valence-electron chi connectivity index (χ2n) is 7.37. The normalized spacial score (nSPS) is 20.2. The third-order valence-corrected chi connectivity index (χ3v) is 4.05. The van der Waals surface area contributed by atoms with Gasteiger partial charge in [-0.05, 0) is 44.5 Å². The van der Waals surface area contributed by atoms with E-state index < -0.39 is 53.6 Å². The Hall–Kier alpha value is -2.84. The first-order chi connectivity index (χ1) is 12.8. The summed E-state index contributed by atoms with van der Waals surface area (Å²) in [6.45, 7) is 4.93. The number of alkyl halides is 3. The molecule has 1 aliphatic rings. The molecule has 0 bridgehead atoms. The highest BCUT2D eigenvalue weighted by Crippen LogP contribution is 2.37. The summed E-state index contributed by atoms with van der Waals surface area (Å²) in [5.74, 6) is -2.33. The van der Waals surface area contributed by atoms with Crippen LogP contribution in [0.2, 0.25) is 0 Å². The number of carboxylic acid groups (broad SMARTS) is 1. The quantitative estimate of drug-likeness (QED) is 0.772. The zero-order chi connectivity index (χ0) is 21.3. The van der Waals surface area contributed by atoms with E-state index in [4.69, 9.17) is 4.74 Å². The van der Waals surface area contributed by atoms with Crippen molar-refractivity contribution in [3.63, 3.8) is 0 Å². The molecule has 0 aromatic heterocycles. The van der Waals surface area contributed by atoms with Crippen LogP contribution in [0.25, 0.3) is 0 Å². The molecular formula is C19H20F3NO5. The number of hydrogen-bond donors (Lipinski definition) is 1. The Morgan fingerprint density at radius 3 is 2.18 bits per heavy atom. The molecule has 2 rings (SSSR count). The van der Waals surface area contributed by atoms with E-state index in [9.17, 15) is 32.7 Å². The second kappa shape index (κ2) is 7.65. The number of esters is 1. The predicted octanol–water partition coefficient (Wildman–Crippen LogP) is 4.17. The first-order valence-corrected chi connectivity index (χ1v) is 8.42. The Morgan fingerprint density at radius 1 is 1.14 bits per heavy atom. The summed E-state index contributed by atoms with van der Waals surface area (Å²) in [6.07, 6.45) is -4.29. The molecule has 1 N–H and O–H groups in total. The maximum atomic E-state index is 12.8. The van der Waals surface area contributed by atoms with Crippen molar-refractivity contribution in [3.05, 3.63) is 47.7 Å². The summed E-state index contributed by atoms with van der Waals surface area (Å²) in [6, 6.07) is 2.69. The van der Waals surface area contributed by atoms with Crippen LogP contribution in [0.3, 0.4) is 0 Å². The summed E-state index contributed by atoms with van der Waals surface area (Å²) in [5, 5.41) is 9.45. The van der Waals surface area contributed by atoms with Gasteiger partial charge in [0.25, 0.3) is 0 Å². The number of amides is 1. The topological polar surface area (TPSA) is 83.9 Å². The highest BCUT2D eigenvalue weighted by Gasteiger charge is 2.40. The highest BCUT2D eigenvalue weighted by atomic mass is 19.4. The summed E-state index contributed by atoms with van der Waals surface area (Å²) in [4.78, 5) is 37.0. The van der Waals surface area contributed by atoms with E-state index in [2.05, 4.69) is 0 Å². The SMILES string of the molecule is CC(C)(C)OC(=O)CC1C(=O)C=CN(C(=O)O)C1c1ccc(C(F)(F)F)cc1. The lowest BCUT2D eigenvalue weighted by molar-refractivity contribution is -0.157. The standard InChI is InChI=1S/C19H20F3NO5/c1-18(2,3)28-15(25)10-13-14(24)8-9-23(17(26)27)16(13)11-4-6-12(7-5-11)19(20,21)22/h4-9,13,16H,10H2,1-3H3,(H,26,27). The minimum Gasteiger partial charge on any atom is -0.465 e. The first kappa shape index (κ1) is 21.5. The molecular weight excluding hydrogens is 379 g/mol. The van der Waals surface area contributed by atoms with Crippen molar-refractivity contribution in [2.24, 2.45) is 5.92 Å². The van der Waals surface area contributed by atoms with Crippen LogP contribution in [0, 0.1) is 5.92 Å². The lowest BCUT2D eigenvalue weighted by Crippen LogP contribution is -2.41. The molecule has 0 radical (unpaired) electrons. The molecule has 1 aromatic carbocycles. The van der Waals surface area contributed by atoms with Crippen molar-refractivity contribution in [2.75, 3.05) is 0 Å². The minimum absolute atomic E-state index is 0.168. The summed E-state index contributed by atoms with van der Waals surface area (Å²) >= 11 is 0. The molecule has 0 saturated heterocycles. The number of rotatable bonds is 3. The van der Waals surface area contributed by atoms with Gasteiger partial charge in [0.1, 0.15) is 5.60 Å². The number of halogens is 3. The number of hydrogen-bond acceptors (Lipinski definition) is 4. The Labute approximate surface area is 159 Å². The number of benzene rings is 1. The Bertz CT molecular complexity index is 793. The Morgan fingerprint density at radius 2 is 1.71 bits per heavy atom. The van der Waals surface area contributed by atoms with Gasteiger partial charge in [0.05, 0.1) is 23.9 Å². The molecule has 9 heteroatoms. The van der Waals surface area contributed by atoms with Gasteiger partial charge in [-0.2, -0.15) is 13.2 Å². The highest BCUT2D eigenvalue weighted by molar-refractivity contribution is 5.96. The molecule has 0 spiro atoms. The van der Waals surface area contributed by atoms with Crippen LogP contribution in [-0.4, -0.2) is 33.5 Å². The number of ketones is 1. The van der Waals surface area contributed by atoms with Crippen LogP contribution in [0.5, 0.6) is 0 Å². The van der Waals surface area contributed by atoms with Gasteiger partial charge < -0.3 is 9.84 Å². The number of carbonyl (C=O) groups is 3. The molecule has 2 unspecified atom stereocenters. The molecule has 6 nitrogen and oxygen atoms in total. The van der Waals surface area contributed by atoms with E-state index >= 15 is 0 Å². The summed E-state index contributed by atoms with van der Waals surface area (Å²) in [7, 11) is 0. The van der Waals surface area contributed by atoms with E-state index in [1.807, 2.05) is 0 Å². The van der Waals surface area contributed by atoms with Gasteiger partial charge in [0.2, 0.25) is 0 Å². The second-order valence-corrected chi connectivity index (χ2v) is 7.37. The zero-order valence-corrected chi connectivity index (χ0v) is 15.5. The van der Waals surface area contributed by atoms with E-state index in [-0.39, 0.29) is 5.56 Å². The average molecular weight is 399 g/mol. The van der Waals surface area contributed by atoms with Crippen molar-refractivity contribution < 1.29 is 37.4 Å². The number of carbonyl (C=O) groups excluding carboxylic acids is 2. The fourth-order valence-corrected chi connectivity index (χ4v) is 2.94. The van der Waals surface area contributed by atoms with Gasteiger partial charge in [0.15, 0.2) is 5.78 Å². The first-order valence-electron chi connectivity index (χ1n) is 8.42. The molecule has 152 valence electrons. The molecule has 1 aliphatic heterocycles. The van der Waals surface area contributed by atoms with E-state index in [1.165, 1.54) is 0 Å². The van der Waals surface area contributed by atoms with E-state index in [0.29, 0.717) is 0 Å². The molecule has 28 heavy (non-hydrogen) atoms. The lowest BCUT2D eigenvalue weighted by Gasteiger charge is -2.35. The molecule has 1 aromatic rings. The van der Waals surface area contributed by atoms with Gasteiger partial charge in [0, 0.05) is 6.20 Å². The van der Waals surface area contributed by atoms with Crippen molar-refractivity contribution in [1.29, 1.82) is 0 Å². The van der Waals surface area contributed by atoms with Gasteiger partial charge in [-0.25, -0.2) is 4.79 Å². The molecule has 2 atom stereocenters. The smallest absolute Gasteiger partial charge is 0.416 e. The fraction of sp³-hybridized carbons (Fsp3) is 0.421. The van der Waals surface area contributed by atoms with Crippen LogP contribution < -0.4 is 0 Å².